The van der Waals surface area contributed by atoms with Gasteiger partial charge in [0.15, 0.2) is 17.5 Å². The largest absolute Gasteiger partial charge is 0.309 e. The molecule has 0 N–H and O–H groups in total. The Morgan fingerprint density at radius 3 is 1.41 bits per heavy atom. The zero-order valence-corrected chi connectivity index (χ0v) is 38.0. The third kappa shape index (κ3) is 6.34. The summed E-state index contributed by atoms with van der Waals surface area (Å²) in [6.07, 6.45) is 0. The first-order valence-corrected chi connectivity index (χ1v) is 24.1. The molecule has 0 spiro atoms. The van der Waals surface area contributed by atoms with Gasteiger partial charge in [-0.25, -0.2) is 15.0 Å². The Kier molecular flexibility index (Phi) is 9.00. The molecule has 0 fully saturated rings. The van der Waals surface area contributed by atoms with Crippen molar-refractivity contribution >= 4 is 75.1 Å². The lowest BCUT2D eigenvalue weighted by Crippen LogP contribution is -2.00. The summed E-state index contributed by atoms with van der Waals surface area (Å²) in [5.74, 6) is 1.85. The molecule has 322 valence electrons. The maximum Gasteiger partial charge on any atom is 0.164 e. The van der Waals surface area contributed by atoms with Gasteiger partial charge in [0.05, 0.1) is 26.8 Å². The number of fused-ring (bicyclic) bond motifs is 10. The van der Waals surface area contributed by atoms with Crippen molar-refractivity contribution in [1.29, 1.82) is 0 Å². The summed E-state index contributed by atoms with van der Waals surface area (Å²) in [7, 11) is 0. The summed E-state index contributed by atoms with van der Waals surface area (Å²) in [6.45, 7) is 0. The Morgan fingerprint density at radius 1 is 0.304 bits per heavy atom. The second-order valence-electron chi connectivity index (χ2n) is 17.5. The highest BCUT2D eigenvalue weighted by Gasteiger charge is 2.24. The van der Waals surface area contributed by atoms with Crippen molar-refractivity contribution in [3.05, 3.63) is 237 Å². The standard InChI is InChI=1S/C63H39N5S/c1-5-20-40(21-6-1)61-64-62(41-22-7-2-8-23-41)66-63(65-61)44-37-42(47-31-19-34-55-57(47)49-29-13-16-32-53(49)67(55)45-24-9-3-10-25-45)36-43(38-44)51-39-52-48-28-15-18-35-56(48)69-60(52)59-58(51)50-30-14-17-33-54(50)68(59)46-26-11-4-12-27-46/h1-39H. The molecular formula is C63H39N5S. The number of hydrogen-bond acceptors (Lipinski definition) is 4. The number of aromatic nitrogens is 5. The van der Waals surface area contributed by atoms with E-state index in [0.29, 0.717) is 17.5 Å². The molecule has 0 unspecified atom stereocenters. The van der Waals surface area contributed by atoms with Gasteiger partial charge in [-0.1, -0.05) is 164 Å². The van der Waals surface area contributed by atoms with Gasteiger partial charge < -0.3 is 9.13 Å². The molecule has 69 heavy (non-hydrogen) atoms. The van der Waals surface area contributed by atoms with Crippen molar-refractivity contribution in [2.24, 2.45) is 0 Å². The fourth-order valence-electron chi connectivity index (χ4n) is 10.5. The quantitative estimate of drug-likeness (QED) is 0.160. The summed E-state index contributed by atoms with van der Waals surface area (Å²) in [5.41, 5.74) is 14.1. The van der Waals surface area contributed by atoms with Gasteiger partial charge in [0.1, 0.15) is 0 Å². The minimum absolute atomic E-state index is 0.606. The third-order valence-corrected chi connectivity index (χ3v) is 14.7. The molecule has 4 heterocycles. The summed E-state index contributed by atoms with van der Waals surface area (Å²) in [6, 6.07) is 84.6. The average molecular weight is 898 g/mol. The van der Waals surface area contributed by atoms with Crippen LogP contribution in [0, 0.1) is 0 Å². The van der Waals surface area contributed by atoms with Crippen LogP contribution >= 0.6 is 11.3 Å². The number of para-hydroxylation sites is 4. The molecule has 6 heteroatoms. The Hall–Kier alpha value is -8.97. The molecule has 0 aliphatic carbocycles. The Labute approximate surface area is 401 Å². The molecule has 0 saturated heterocycles. The second-order valence-corrected chi connectivity index (χ2v) is 18.6. The van der Waals surface area contributed by atoms with Crippen molar-refractivity contribution in [2.45, 2.75) is 0 Å². The first-order chi connectivity index (χ1) is 34.2. The molecule has 0 saturated carbocycles. The predicted octanol–water partition coefficient (Wildman–Crippen LogP) is 16.8. The van der Waals surface area contributed by atoms with E-state index in [1.165, 1.54) is 47.2 Å². The molecule has 0 radical (unpaired) electrons. The van der Waals surface area contributed by atoms with Crippen LogP contribution in [-0.4, -0.2) is 24.1 Å². The van der Waals surface area contributed by atoms with E-state index < -0.39 is 0 Å². The Bertz CT molecular complexity index is 4230. The van der Waals surface area contributed by atoms with Gasteiger partial charge in [0.2, 0.25) is 0 Å². The van der Waals surface area contributed by atoms with E-state index in [9.17, 15) is 0 Å². The Balaban J connectivity index is 1.13. The molecule has 5 nitrogen and oxygen atoms in total. The van der Waals surface area contributed by atoms with Crippen LogP contribution in [0.5, 0.6) is 0 Å². The van der Waals surface area contributed by atoms with Crippen LogP contribution in [0.1, 0.15) is 0 Å². The van der Waals surface area contributed by atoms with Gasteiger partial charge in [0, 0.05) is 65.1 Å². The third-order valence-electron chi connectivity index (χ3n) is 13.5. The lowest BCUT2D eigenvalue weighted by molar-refractivity contribution is 1.07. The topological polar surface area (TPSA) is 48.5 Å². The van der Waals surface area contributed by atoms with Crippen LogP contribution in [0.15, 0.2) is 237 Å². The highest BCUT2D eigenvalue weighted by molar-refractivity contribution is 7.26. The van der Waals surface area contributed by atoms with E-state index in [-0.39, 0.29) is 0 Å². The van der Waals surface area contributed by atoms with E-state index in [4.69, 9.17) is 15.0 Å². The number of hydrogen-bond donors (Lipinski definition) is 0. The van der Waals surface area contributed by atoms with Gasteiger partial charge in [-0.2, -0.15) is 0 Å². The molecule has 0 amide bonds. The zero-order valence-electron chi connectivity index (χ0n) is 37.2. The number of nitrogens with zero attached hydrogens (tertiary/aromatic N) is 5. The Morgan fingerprint density at radius 2 is 0.768 bits per heavy atom. The van der Waals surface area contributed by atoms with Crippen molar-refractivity contribution in [3.8, 4) is 67.8 Å². The fourth-order valence-corrected chi connectivity index (χ4v) is 11.7. The lowest BCUT2D eigenvalue weighted by Gasteiger charge is -2.15. The van der Waals surface area contributed by atoms with Crippen molar-refractivity contribution in [1.82, 2.24) is 24.1 Å². The van der Waals surface area contributed by atoms with Gasteiger partial charge in [0.25, 0.3) is 0 Å². The molecule has 14 rings (SSSR count). The zero-order chi connectivity index (χ0) is 45.4. The highest BCUT2D eigenvalue weighted by Crippen LogP contribution is 2.49. The summed E-state index contributed by atoms with van der Waals surface area (Å²) >= 11 is 1.87. The van der Waals surface area contributed by atoms with Crippen LogP contribution in [0.3, 0.4) is 0 Å². The molecular weight excluding hydrogens is 859 g/mol. The van der Waals surface area contributed by atoms with Gasteiger partial charge >= 0.3 is 0 Å². The number of rotatable bonds is 7. The summed E-state index contributed by atoms with van der Waals surface area (Å²) in [4.78, 5) is 15.8. The summed E-state index contributed by atoms with van der Waals surface area (Å²) < 4.78 is 7.39. The van der Waals surface area contributed by atoms with Gasteiger partial charge in [-0.3, -0.25) is 0 Å². The monoisotopic (exact) mass is 897 g/mol. The normalized spacial score (nSPS) is 11.8. The number of thiophene rings is 1. The molecule has 14 aromatic rings. The minimum atomic E-state index is 0.606. The van der Waals surface area contributed by atoms with E-state index in [1.807, 2.05) is 47.7 Å². The molecule has 0 atom stereocenters. The minimum Gasteiger partial charge on any atom is -0.309 e. The van der Waals surface area contributed by atoms with E-state index in [2.05, 4.69) is 209 Å². The van der Waals surface area contributed by atoms with Crippen LogP contribution < -0.4 is 0 Å². The van der Waals surface area contributed by atoms with Gasteiger partial charge in [-0.05, 0) is 95.1 Å². The first-order valence-electron chi connectivity index (χ1n) is 23.3. The molecule has 0 aliphatic rings. The lowest BCUT2D eigenvalue weighted by atomic mass is 9.91. The van der Waals surface area contributed by atoms with Crippen LogP contribution in [0.4, 0.5) is 0 Å². The molecule has 0 aliphatic heterocycles. The van der Waals surface area contributed by atoms with Crippen LogP contribution in [0.25, 0.3) is 132 Å². The fraction of sp³-hybridized carbons (Fsp3) is 0. The highest BCUT2D eigenvalue weighted by atomic mass is 32.1. The second kappa shape index (κ2) is 15.8. The predicted molar refractivity (Wildman–Crippen MR) is 289 cm³/mol. The average Bonchev–Trinajstić information content (AvgIpc) is 4.10. The number of benzene rings is 10. The van der Waals surface area contributed by atoms with Crippen molar-refractivity contribution < 1.29 is 0 Å². The van der Waals surface area contributed by atoms with Crippen LogP contribution in [0.2, 0.25) is 0 Å². The maximum atomic E-state index is 5.33. The first kappa shape index (κ1) is 39.2. The van der Waals surface area contributed by atoms with Gasteiger partial charge in [-0.15, -0.1) is 11.3 Å². The van der Waals surface area contributed by atoms with E-state index in [0.717, 1.165) is 66.9 Å². The van der Waals surface area contributed by atoms with Crippen molar-refractivity contribution in [2.75, 3.05) is 0 Å². The molecule has 10 aromatic carbocycles. The smallest absolute Gasteiger partial charge is 0.164 e. The SMILES string of the molecule is c1ccc(-c2nc(-c3ccccc3)nc(-c3cc(-c4cccc5c4c4ccccc4n5-c4ccccc4)cc(-c4cc5c6ccccc6sc5c5c4c4ccccc4n5-c4ccccc4)c3)n2)cc1. The summed E-state index contributed by atoms with van der Waals surface area (Å²) in [5, 5.41) is 7.27. The van der Waals surface area contributed by atoms with E-state index >= 15 is 0 Å². The van der Waals surface area contributed by atoms with E-state index in [1.54, 1.807) is 0 Å². The van der Waals surface area contributed by atoms with Crippen LogP contribution in [-0.2, 0) is 0 Å². The maximum absolute atomic E-state index is 5.33. The van der Waals surface area contributed by atoms with Crippen molar-refractivity contribution in [3.63, 3.8) is 0 Å². The molecule has 4 aromatic heterocycles. The molecule has 0 bridgehead atoms.